The van der Waals surface area contributed by atoms with E-state index in [1.807, 2.05) is 32.0 Å². The first-order chi connectivity index (χ1) is 9.08. The number of aromatic amines is 1. The Bertz CT molecular complexity index is 886. The van der Waals surface area contributed by atoms with Gasteiger partial charge in [-0.15, -0.1) is 5.10 Å². The minimum Gasteiger partial charge on any atom is -0.280 e. The highest BCUT2D eigenvalue weighted by Gasteiger charge is 2.08. The van der Waals surface area contributed by atoms with Crippen LogP contribution in [-0.2, 0) is 0 Å². The van der Waals surface area contributed by atoms with E-state index in [1.165, 1.54) is 15.2 Å². The van der Waals surface area contributed by atoms with Gasteiger partial charge in [-0.1, -0.05) is 6.07 Å². The van der Waals surface area contributed by atoms with Gasteiger partial charge in [0.25, 0.3) is 0 Å². The molecule has 96 valence electrons. The normalized spacial score (nSPS) is 11.1. The van der Waals surface area contributed by atoms with Crippen LogP contribution in [0.4, 0.5) is 0 Å². The van der Waals surface area contributed by atoms with E-state index in [9.17, 15) is 9.59 Å². The van der Waals surface area contributed by atoms with Crippen molar-refractivity contribution >= 4 is 5.65 Å². The summed E-state index contributed by atoms with van der Waals surface area (Å²) in [5.41, 5.74) is 2.36. The zero-order valence-corrected chi connectivity index (χ0v) is 10.5. The molecule has 3 rings (SSSR count). The van der Waals surface area contributed by atoms with Gasteiger partial charge in [-0.05, 0) is 37.1 Å². The van der Waals surface area contributed by atoms with E-state index in [4.69, 9.17) is 0 Å². The van der Waals surface area contributed by atoms with Gasteiger partial charge in [0, 0.05) is 18.1 Å². The van der Waals surface area contributed by atoms with Gasteiger partial charge >= 0.3 is 11.2 Å². The number of hydrogen-bond donors (Lipinski definition) is 1. The van der Waals surface area contributed by atoms with Crippen molar-refractivity contribution in [1.29, 1.82) is 0 Å². The molecule has 0 fully saturated rings. The highest BCUT2D eigenvalue weighted by molar-refractivity contribution is 5.43. The average Bonchev–Trinajstić information content (AvgIpc) is 2.76. The molecule has 0 aliphatic carbocycles. The molecule has 0 radical (unpaired) electrons. The highest BCUT2D eigenvalue weighted by Crippen LogP contribution is 2.12. The SMILES string of the molecule is Cc1ccc(-n2ccn3c(=O)[nH]nc3c2=O)cc1C. The summed E-state index contributed by atoms with van der Waals surface area (Å²) in [5, 5.41) is 6.00. The molecule has 0 saturated heterocycles. The van der Waals surface area contributed by atoms with Gasteiger partial charge in [0.05, 0.1) is 0 Å². The number of rotatable bonds is 1. The maximum absolute atomic E-state index is 12.3. The standard InChI is InChI=1S/C13H12N4O2/c1-8-3-4-10(7-9(8)2)16-5-6-17-11(12(16)18)14-15-13(17)19/h3-7H,1-2H3,(H,15,19). The number of aromatic nitrogens is 4. The second-order valence-corrected chi connectivity index (χ2v) is 4.46. The lowest BCUT2D eigenvalue weighted by molar-refractivity contribution is 0.937. The van der Waals surface area contributed by atoms with Gasteiger partial charge in [0.2, 0.25) is 5.65 Å². The third-order valence-corrected chi connectivity index (χ3v) is 3.25. The summed E-state index contributed by atoms with van der Waals surface area (Å²) in [6.45, 7) is 4.00. The molecule has 6 nitrogen and oxygen atoms in total. The summed E-state index contributed by atoms with van der Waals surface area (Å²) < 4.78 is 2.67. The van der Waals surface area contributed by atoms with E-state index in [2.05, 4.69) is 10.2 Å². The Hall–Kier alpha value is -2.63. The van der Waals surface area contributed by atoms with Crippen LogP contribution in [0.15, 0.2) is 40.2 Å². The van der Waals surface area contributed by atoms with Gasteiger partial charge in [-0.2, -0.15) is 0 Å². The topological polar surface area (TPSA) is 72.2 Å². The second-order valence-electron chi connectivity index (χ2n) is 4.46. The zero-order valence-electron chi connectivity index (χ0n) is 10.5. The van der Waals surface area contributed by atoms with Crippen LogP contribution in [0.3, 0.4) is 0 Å². The van der Waals surface area contributed by atoms with Crippen molar-refractivity contribution in [1.82, 2.24) is 19.2 Å². The molecular weight excluding hydrogens is 244 g/mol. The second kappa shape index (κ2) is 3.94. The van der Waals surface area contributed by atoms with Crippen LogP contribution in [0.1, 0.15) is 11.1 Å². The maximum Gasteiger partial charge on any atom is 0.347 e. The minimum atomic E-state index is -0.417. The Labute approximate surface area is 107 Å². The lowest BCUT2D eigenvalue weighted by Crippen LogP contribution is -2.22. The molecule has 2 heterocycles. The fraction of sp³-hybridized carbons (Fsp3) is 0.154. The molecule has 0 aliphatic heterocycles. The van der Waals surface area contributed by atoms with Crippen LogP contribution in [0.25, 0.3) is 11.3 Å². The first-order valence-electron chi connectivity index (χ1n) is 5.84. The fourth-order valence-corrected chi connectivity index (χ4v) is 1.98. The van der Waals surface area contributed by atoms with Crippen molar-refractivity contribution in [2.24, 2.45) is 0 Å². The predicted octanol–water partition coefficient (Wildman–Crippen LogP) is 0.790. The molecule has 2 aromatic heterocycles. The number of hydrogen-bond acceptors (Lipinski definition) is 3. The predicted molar refractivity (Wildman–Crippen MR) is 70.9 cm³/mol. The van der Waals surface area contributed by atoms with Crippen molar-refractivity contribution in [2.45, 2.75) is 13.8 Å². The number of nitrogens with one attached hydrogen (secondary N) is 1. The Morgan fingerprint density at radius 1 is 1.11 bits per heavy atom. The van der Waals surface area contributed by atoms with E-state index in [1.54, 1.807) is 6.20 Å². The lowest BCUT2D eigenvalue weighted by Gasteiger charge is -2.08. The molecule has 1 N–H and O–H groups in total. The molecular formula is C13H12N4O2. The molecule has 0 unspecified atom stereocenters. The molecule has 0 amide bonds. The zero-order chi connectivity index (χ0) is 13.6. The van der Waals surface area contributed by atoms with Crippen LogP contribution >= 0.6 is 0 Å². The summed E-state index contributed by atoms with van der Waals surface area (Å²) in [6, 6.07) is 5.75. The molecule has 19 heavy (non-hydrogen) atoms. The van der Waals surface area contributed by atoms with Crippen LogP contribution in [-0.4, -0.2) is 19.2 Å². The fourth-order valence-electron chi connectivity index (χ4n) is 1.98. The number of fused-ring (bicyclic) bond motifs is 1. The van der Waals surface area contributed by atoms with Crippen molar-refractivity contribution in [3.05, 3.63) is 62.6 Å². The van der Waals surface area contributed by atoms with Gasteiger partial charge < -0.3 is 0 Å². The lowest BCUT2D eigenvalue weighted by atomic mass is 10.1. The third kappa shape index (κ3) is 1.69. The summed E-state index contributed by atoms with van der Waals surface area (Å²) in [7, 11) is 0. The first kappa shape index (κ1) is 11.5. The van der Waals surface area contributed by atoms with Crippen LogP contribution < -0.4 is 11.2 Å². The Balaban J connectivity index is 2.31. The maximum atomic E-state index is 12.3. The summed E-state index contributed by atoms with van der Waals surface area (Å²) in [4.78, 5) is 23.6. The van der Waals surface area contributed by atoms with Crippen molar-refractivity contribution in [2.75, 3.05) is 0 Å². The highest BCUT2D eigenvalue weighted by atomic mass is 16.2. The molecule has 0 spiro atoms. The van der Waals surface area contributed by atoms with E-state index < -0.39 is 5.69 Å². The monoisotopic (exact) mass is 256 g/mol. The average molecular weight is 256 g/mol. The number of aryl methyl sites for hydroxylation is 2. The van der Waals surface area contributed by atoms with E-state index in [0.717, 1.165) is 16.8 Å². The van der Waals surface area contributed by atoms with Gasteiger partial charge in [-0.25, -0.2) is 14.3 Å². The Morgan fingerprint density at radius 3 is 2.63 bits per heavy atom. The molecule has 0 aliphatic rings. The van der Waals surface area contributed by atoms with Gasteiger partial charge in [-0.3, -0.25) is 9.36 Å². The van der Waals surface area contributed by atoms with Crippen molar-refractivity contribution < 1.29 is 0 Å². The Kier molecular flexibility index (Phi) is 2.38. The van der Waals surface area contributed by atoms with Crippen molar-refractivity contribution in [3.8, 4) is 5.69 Å². The molecule has 1 aromatic carbocycles. The number of H-pyrrole nitrogens is 1. The third-order valence-electron chi connectivity index (χ3n) is 3.25. The summed E-state index contributed by atoms with van der Waals surface area (Å²) in [6.07, 6.45) is 3.09. The first-order valence-corrected chi connectivity index (χ1v) is 5.84. The summed E-state index contributed by atoms with van der Waals surface area (Å²) >= 11 is 0. The van der Waals surface area contributed by atoms with Crippen molar-refractivity contribution in [3.63, 3.8) is 0 Å². The van der Waals surface area contributed by atoms with E-state index >= 15 is 0 Å². The molecule has 0 bridgehead atoms. The largest absolute Gasteiger partial charge is 0.347 e. The number of benzene rings is 1. The molecule has 3 aromatic rings. The van der Waals surface area contributed by atoms with Crippen LogP contribution in [0, 0.1) is 13.8 Å². The van der Waals surface area contributed by atoms with E-state index in [0.29, 0.717) is 0 Å². The molecule has 0 atom stereocenters. The van der Waals surface area contributed by atoms with Crippen LogP contribution in [0.5, 0.6) is 0 Å². The summed E-state index contributed by atoms with van der Waals surface area (Å²) in [5.74, 6) is 0. The Morgan fingerprint density at radius 2 is 1.89 bits per heavy atom. The van der Waals surface area contributed by atoms with E-state index in [-0.39, 0.29) is 11.2 Å². The van der Waals surface area contributed by atoms with Gasteiger partial charge in [0.1, 0.15) is 0 Å². The number of nitrogens with zero attached hydrogens (tertiary/aromatic N) is 3. The molecule has 0 saturated carbocycles. The van der Waals surface area contributed by atoms with Gasteiger partial charge in [0.15, 0.2) is 0 Å². The van der Waals surface area contributed by atoms with Crippen LogP contribution in [0.2, 0.25) is 0 Å². The quantitative estimate of drug-likeness (QED) is 0.699. The minimum absolute atomic E-state index is 0.0886. The molecule has 6 heteroatoms. The smallest absolute Gasteiger partial charge is 0.280 e.